The normalized spacial score (nSPS) is 14.1. The number of ether oxygens (including phenoxy) is 2. The molecule has 27 heavy (non-hydrogen) atoms. The van der Waals surface area contributed by atoms with Crippen LogP contribution in [0.5, 0.6) is 5.75 Å². The van der Waals surface area contributed by atoms with Gasteiger partial charge in [0.05, 0.1) is 13.7 Å². The molecule has 0 radical (unpaired) electrons. The van der Waals surface area contributed by atoms with Crippen LogP contribution >= 0.6 is 0 Å². The summed E-state index contributed by atoms with van der Waals surface area (Å²) in [6.45, 7) is 5.65. The van der Waals surface area contributed by atoms with Gasteiger partial charge >= 0.3 is 6.09 Å². The fourth-order valence-corrected chi connectivity index (χ4v) is 3.37. The lowest BCUT2D eigenvalue weighted by Crippen LogP contribution is -2.49. The van der Waals surface area contributed by atoms with Crippen molar-refractivity contribution in [2.75, 3.05) is 44.8 Å². The molecule has 1 heterocycles. The number of rotatable bonds is 6. The number of aryl methyl sites for hydroxylation is 2. The lowest BCUT2D eigenvalue weighted by atomic mass is 10.1. The van der Waals surface area contributed by atoms with Crippen LogP contribution in [-0.2, 0) is 11.2 Å². The number of amides is 1. The number of benzene rings is 2. The molecule has 5 nitrogen and oxygen atoms in total. The highest BCUT2D eigenvalue weighted by Crippen LogP contribution is 2.21. The third kappa shape index (κ3) is 5.16. The summed E-state index contributed by atoms with van der Waals surface area (Å²) in [6.07, 6.45) is 1.51. The molecule has 1 aliphatic heterocycles. The Morgan fingerprint density at radius 3 is 2.37 bits per heavy atom. The number of para-hydroxylation sites is 1. The van der Waals surface area contributed by atoms with Crippen molar-refractivity contribution in [3.63, 3.8) is 0 Å². The van der Waals surface area contributed by atoms with E-state index in [-0.39, 0.29) is 6.09 Å². The molecule has 3 rings (SSSR count). The minimum absolute atomic E-state index is 0.200. The van der Waals surface area contributed by atoms with Crippen LogP contribution in [0.2, 0.25) is 0 Å². The Balaban J connectivity index is 1.37. The molecule has 0 bridgehead atoms. The number of hydrogen-bond acceptors (Lipinski definition) is 4. The van der Waals surface area contributed by atoms with Crippen LogP contribution in [-0.4, -0.2) is 50.9 Å². The molecule has 0 aliphatic carbocycles. The highest BCUT2D eigenvalue weighted by atomic mass is 16.6. The predicted molar refractivity (Wildman–Crippen MR) is 108 cm³/mol. The second-order valence-corrected chi connectivity index (χ2v) is 6.83. The molecule has 144 valence electrons. The molecule has 0 N–H and O–H groups in total. The number of nitrogens with zero attached hydrogens (tertiary/aromatic N) is 2. The van der Waals surface area contributed by atoms with E-state index < -0.39 is 0 Å². The minimum Gasteiger partial charge on any atom is -0.497 e. The van der Waals surface area contributed by atoms with Crippen LogP contribution < -0.4 is 9.64 Å². The fourth-order valence-electron chi connectivity index (χ4n) is 3.37. The third-order valence-electron chi connectivity index (χ3n) is 4.99. The molecular weight excluding hydrogens is 340 g/mol. The smallest absolute Gasteiger partial charge is 0.409 e. The summed E-state index contributed by atoms with van der Waals surface area (Å²) < 4.78 is 10.6. The van der Waals surface area contributed by atoms with Crippen LogP contribution in [0.3, 0.4) is 0 Å². The lowest BCUT2D eigenvalue weighted by Gasteiger charge is -2.36. The number of hydrogen-bond donors (Lipinski definition) is 0. The zero-order valence-corrected chi connectivity index (χ0v) is 16.2. The van der Waals surface area contributed by atoms with E-state index in [2.05, 4.69) is 36.1 Å². The quantitative estimate of drug-likeness (QED) is 0.726. The van der Waals surface area contributed by atoms with Crippen LogP contribution in [0.25, 0.3) is 0 Å². The average molecular weight is 368 g/mol. The van der Waals surface area contributed by atoms with Crippen LogP contribution in [0.1, 0.15) is 17.5 Å². The third-order valence-corrected chi connectivity index (χ3v) is 4.99. The maximum atomic E-state index is 12.3. The van der Waals surface area contributed by atoms with Crippen molar-refractivity contribution in [3.05, 3.63) is 59.7 Å². The van der Waals surface area contributed by atoms with Gasteiger partial charge in [-0.1, -0.05) is 30.3 Å². The molecule has 0 atom stereocenters. The zero-order chi connectivity index (χ0) is 19.1. The van der Waals surface area contributed by atoms with Crippen molar-refractivity contribution in [1.82, 2.24) is 4.90 Å². The lowest BCUT2D eigenvalue weighted by molar-refractivity contribution is 0.0992. The first kappa shape index (κ1) is 19.1. The number of piperazine rings is 1. The van der Waals surface area contributed by atoms with Gasteiger partial charge < -0.3 is 19.3 Å². The molecule has 0 aromatic heterocycles. The molecule has 2 aromatic rings. The van der Waals surface area contributed by atoms with Crippen LogP contribution in [0.15, 0.2) is 48.5 Å². The first-order valence-corrected chi connectivity index (χ1v) is 9.52. The highest BCUT2D eigenvalue weighted by molar-refractivity contribution is 5.68. The number of anilines is 1. The van der Waals surface area contributed by atoms with Crippen molar-refractivity contribution in [1.29, 1.82) is 0 Å². The number of carbonyl (C=O) groups is 1. The molecule has 1 amide bonds. The number of carbonyl (C=O) groups excluding carboxylic acids is 1. The first-order valence-electron chi connectivity index (χ1n) is 9.52. The molecule has 5 heteroatoms. The van der Waals surface area contributed by atoms with Gasteiger partial charge in [-0.15, -0.1) is 0 Å². The summed E-state index contributed by atoms with van der Waals surface area (Å²) in [4.78, 5) is 16.4. The maximum Gasteiger partial charge on any atom is 0.409 e. The molecule has 1 aliphatic rings. The molecule has 2 aromatic carbocycles. The molecule has 1 saturated heterocycles. The Morgan fingerprint density at radius 1 is 1.00 bits per heavy atom. The van der Waals surface area contributed by atoms with Crippen molar-refractivity contribution in [3.8, 4) is 5.75 Å². The van der Waals surface area contributed by atoms with Gasteiger partial charge in [0.25, 0.3) is 0 Å². The van der Waals surface area contributed by atoms with E-state index in [4.69, 9.17) is 9.47 Å². The maximum absolute atomic E-state index is 12.3. The van der Waals surface area contributed by atoms with Gasteiger partial charge in [-0.05, 0) is 49.1 Å². The zero-order valence-electron chi connectivity index (χ0n) is 16.2. The van der Waals surface area contributed by atoms with Gasteiger partial charge in [0.1, 0.15) is 5.75 Å². The summed E-state index contributed by atoms with van der Waals surface area (Å²) in [5.74, 6) is 0.856. The van der Waals surface area contributed by atoms with E-state index in [1.165, 1.54) is 16.8 Å². The van der Waals surface area contributed by atoms with E-state index in [0.717, 1.165) is 31.7 Å². The Morgan fingerprint density at radius 2 is 1.70 bits per heavy atom. The first-order chi connectivity index (χ1) is 13.2. The standard InChI is InChI=1S/C22H28N2O3/c1-18-6-3-4-8-21(18)23-13-15-24(16-14-23)22(25)27-17-5-7-19-9-11-20(26-2)12-10-19/h3-4,6,8-12H,5,7,13-17H2,1-2H3. The molecule has 0 spiro atoms. The van der Waals surface area contributed by atoms with Crippen molar-refractivity contribution in [2.24, 2.45) is 0 Å². The SMILES string of the molecule is COc1ccc(CCCOC(=O)N2CCN(c3ccccc3C)CC2)cc1. The fraction of sp³-hybridized carbons (Fsp3) is 0.409. The second kappa shape index (κ2) is 9.31. The van der Waals surface area contributed by atoms with E-state index in [1.807, 2.05) is 29.2 Å². The Kier molecular flexibility index (Phi) is 6.58. The van der Waals surface area contributed by atoms with E-state index in [0.29, 0.717) is 19.7 Å². The van der Waals surface area contributed by atoms with Gasteiger partial charge in [-0.2, -0.15) is 0 Å². The summed E-state index contributed by atoms with van der Waals surface area (Å²) in [5, 5.41) is 0. The average Bonchev–Trinajstić information content (AvgIpc) is 2.72. The summed E-state index contributed by atoms with van der Waals surface area (Å²) in [7, 11) is 1.66. The van der Waals surface area contributed by atoms with E-state index >= 15 is 0 Å². The summed E-state index contributed by atoms with van der Waals surface area (Å²) in [5.41, 5.74) is 3.75. The Labute approximate surface area is 161 Å². The van der Waals surface area contributed by atoms with E-state index in [9.17, 15) is 4.79 Å². The predicted octanol–water partition coefficient (Wildman–Crippen LogP) is 3.90. The van der Waals surface area contributed by atoms with Crippen molar-refractivity contribution in [2.45, 2.75) is 19.8 Å². The van der Waals surface area contributed by atoms with Crippen molar-refractivity contribution >= 4 is 11.8 Å². The Bertz CT molecular complexity index is 737. The van der Waals surface area contributed by atoms with Gasteiger partial charge in [-0.25, -0.2) is 4.79 Å². The molecule has 0 unspecified atom stereocenters. The van der Waals surface area contributed by atoms with Crippen molar-refractivity contribution < 1.29 is 14.3 Å². The van der Waals surface area contributed by atoms with Crippen LogP contribution in [0.4, 0.5) is 10.5 Å². The Hall–Kier alpha value is -2.69. The largest absolute Gasteiger partial charge is 0.497 e. The van der Waals surface area contributed by atoms with Crippen LogP contribution in [0, 0.1) is 6.92 Å². The van der Waals surface area contributed by atoms with Gasteiger partial charge in [-0.3, -0.25) is 0 Å². The summed E-state index contributed by atoms with van der Waals surface area (Å²) >= 11 is 0. The molecule has 0 saturated carbocycles. The second-order valence-electron chi connectivity index (χ2n) is 6.83. The monoisotopic (exact) mass is 368 g/mol. The van der Waals surface area contributed by atoms with E-state index in [1.54, 1.807) is 7.11 Å². The summed E-state index contributed by atoms with van der Waals surface area (Å²) in [6, 6.07) is 16.4. The minimum atomic E-state index is -0.200. The van der Waals surface area contributed by atoms with Gasteiger partial charge in [0.15, 0.2) is 0 Å². The number of methoxy groups -OCH3 is 1. The van der Waals surface area contributed by atoms with Gasteiger partial charge in [0, 0.05) is 31.9 Å². The molecule has 1 fully saturated rings. The topological polar surface area (TPSA) is 42.0 Å². The van der Waals surface area contributed by atoms with Gasteiger partial charge in [0.2, 0.25) is 0 Å². The highest BCUT2D eigenvalue weighted by Gasteiger charge is 2.22. The molecular formula is C22H28N2O3.